The molecule has 2 aromatic heterocycles. The van der Waals surface area contributed by atoms with Crippen molar-refractivity contribution in [2.24, 2.45) is 0 Å². The molecule has 19 heavy (non-hydrogen) atoms. The van der Waals surface area contributed by atoms with E-state index in [1.807, 2.05) is 13.0 Å². The minimum atomic E-state index is -0.954. The van der Waals surface area contributed by atoms with Crippen LogP contribution in [0.2, 0.25) is 0 Å². The lowest BCUT2D eigenvalue weighted by atomic mass is 10.1. The van der Waals surface area contributed by atoms with E-state index in [2.05, 4.69) is 15.3 Å². The lowest BCUT2D eigenvalue weighted by molar-refractivity contribution is 0.0695. The zero-order valence-corrected chi connectivity index (χ0v) is 10.6. The van der Waals surface area contributed by atoms with Crippen molar-refractivity contribution in [3.63, 3.8) is 0 Å². The van der Waals surface area contributed by atoms with E-state index in [1.165, 1.54) is 0 Å². The maximum Gasteiger partial charge on any atom is 0.337 e. The highest BCUT2D eigenvalue weighted by Crippen LogP contribution is 2.07. The SMILES string of the molecule is Cc1cnccc1CNCc1ncccc1C(=O)O. The number of aromatic carboxylic acids is 1. The van der Waals surface area contributed by atoms with Crippen molar-refractivity contribution in [1.82, 2.24) is 15.3 Å². The zero-order valence-electron chi connectivity index (χ0n) is 10.6. The quantitative estimate of drug-likeness (QED) is 0.853. The molecule has 0 unspecified atom stereocenters. The molecule has 0 fully saturated rings. The Kier molecular flexibility index (Phi) is 4.20. The van der Waals surface area contributed by atoms with Gasteiger partial charge in [0.1, 0.15) is 0 Å². The van der Waals surface area contributed by atoms with Crippen LogP contribution >= 0.6 is 0 Å². The number of hydrogen-bond acceptors (Lipinski definition) is 4. The first-order chi connectivity index (χ1) is 9.18. The normalized spacial score (nSPS) is 10.4. The molecule has 0 saturated carbocycles. The topological polar surface area (TPSA) is 75.1 Å². The van der Waals surface area contributed by atoms with E-state index in [0.29, 0.717) is 18.8 Å². The van der Waals surface area contributed by atoms with Crippen LogP contribution in [0.4, 0.5) is 0 Å². The van der Waals surface area contributed by atoms with Crippen LogP contribution in [0.15, 0.2) is 36.8 Å². The predicted molar refractivity (Wildman–Crippen MR) is 70.7 cm³/mol. The Morgan fingerprint density at radius 2 is 2.16 bits per heavy atom. The summed E-state index contributed by atoms with van der Waals surface area (Å²) in [5, 5.41) is 12.3. The van der Waals surface area contributed by atoms with E-state index >= 15 is 0 Å². The molecule has 2 aromatic rings. The summed E-state index contributed by atoms with van der Waals surface area (Å²) in [6, 6.07) is 5.13. The molecule has 2 N–H and O–H groups in total. The average molecular weight is 257 g/mol. The fourth-order valence-corrected chi connectivity index (χ4v) is 1.79. The number of carboxylic acid groups (broad SMARTS) is 1. The molecule has 0 amide bonds. The van der Waals surface area contributed by atoms with Crippen molar-refractivity contribution in [3.8, 4) is 0 Å². The Morgan fingerprint density at radius 1 is 1.32 bits per heavy atom. The summed E-state index contributed by atoms with van der Waals surface area (Å²) >= 11 is 0. The second-order valence-electron chi connectivity index (χ2n) is 4.21. The molecule has 0 bridgehead atoms. The number of nitrogens with one attached hydrogen (secondary N) is 1. The summed E-state index contributed by atoms with van der Waals surface area (Å²) in [6.45, 7) is 3.07. The van der Waals surface area contributed by atoms with Crippen molar-refractivity contribution >= 4 is 5.97 Å². The van der Waals surface area contributed by atoms with Crippen LogP contribution in [0.1, 0.15) is 27.2 Å². The highest BCUT2D eigenvalue weighted by molar-refractivity contribution is 5.88. The predicted octanol–water partition coefficient (Wildman–Crippen LogP) is 1.77. The van der Waals surface area contributed by atoms with Gasteiger partial charge in [-0.3, -0.25) is 9.97 Å². The number of carboxylic acids is 1. The fraction of sp³-hybridized carbons (Fsp3) is 0.214. The van der Waals surface area contributed by atoms with Crippen molar-refractivity contribution in [3.05, 3.63) is 59.2 Å². The largest absolute Gasteiger partial charge is 0.478 e. The molecule has 98 valence electrons. The summed E-state index contributed by atoms with van der Waals surface area (Å²) in [6.07, 6.45) is 5.15. The number of hydrogen-bond donors (Lipinski definition) is 2. The molecule has 5 nitrogen and oxygen atoms in total. The molecule has 0 atom stereocenters. The minimum Gasteiger partial charge on any atom is -0.478 e. The molecule has 0 aliphatic heterocycles. The van der Waals surface area contributed by atoms with Gasteiger partial charge in [-0.05, 0) is 36.2 Å². The molecule has 2 heterocycles. The van der Waals surface area contributed by atoms with Crippen molar-refractivity contribution in [2.75, 3.05) is 0 Å². The number of aromatic nitrogens is 2. The molecule has 0 radical (unpaired) electrons. The van der Waals surface area contributed by atoms with Gasteiger partial charge in [0.05, 0.1) is 11.3 Å². The third-order valence-electron chi connectivity index (χ3n) is 2.87. The second kappa shape index (κ2) is 6.06. The highest BCUT2D eigenvalue weighted by Gasteiger charge is 2.09. The third-order valence-corrected chi connectivity index (χ3v) is 2.87. The molecule has 0 spiro atoms. The van der Waals surface area contributed by atoms with Gasteiger partial charge >= 0.3 is 5.97 Å². The van der Waals surface area contributed by atoms with Gasteiger partial charge < -0.3 is 10.4 Å². The lowest BCUT2D eigenvalue weighted by Crippen LogP contribution is -2.17. The molecule has 0 saturated heterocycles. The number of carbonyl (C=O) groups is 1. The van der Waals surface area contributed by atoms with Crippen LogP contribution < -0.4 is 5.32 Å². The maximum absolute atomic E-state index is 11.0. The van der Waals surface area contributed by atoms with Crippen LogP contribution in [0.3, 0.4) is 0 Å². The van der Waals surface area contributed by atoms with Crippen molar-refractivity contribution in [1.29, 1.82) is 0 Å². The van der Waals surface area contributed by atoms with Gasteiger partial charge in [-0.2, -0.15) is 0 Å². The first kappa shape index (κ1) is 13.2. The Morgan fingerprint density at radius 3 is 2.89 bits per heavy atom. The molecular formula is C14H15N3O2. The maximum atomic E-state index is 11.0. The number of pyridine rings is 2. The van der Waals surface area contributed by atoms with E-state index in [-0.39, 0.29) is 5.56 Å². The monoisotopic (exact) mass is 257 g/mol. The van der Waals surface area contributed by atoms with Gasteiger partial charge in [0.2, 0.25) is 0 Å². The first-order valence-electron chi connectivity index (χ1n) is 5.96. The van der Waals surface area contributed by atoms with Crippen LogP contribution in [-0.2, 0) is 13.1 Å². The van der Waals surface area contributed by atoms with E-state index in [0.717, 1.165) is 11.1 Å². The number of rotatable bonds is 5. The molecule has 0 aliphatic rings. The second-order valence-corrected chi connectivity index (χ2v) is 4.21. The zero-order chi connectivity index (χ0) is 13.7. The Balaban J connectivity index is 2.00. The standard InChI is InChI=1S/C14H15N3O2/c1-10-7-15-6-4-11(10)8-16-9-13-12(14(18)19)3-2-5-17-13/h2-7,16H,8-9H2,1H3,(H,18,19). The molecule has 0 aromatic carbocycles. The summed E-state index contributed by atoms with van der Waals surface area (Å²) in [7, 11) is 0. The minimum absolute atomic E-state index is 0.237. The lowest BCUT2D eigenvalue weighted by Gasteiger charge is -2.08. The Labute approximate surface area is 111 Å². The highest BCUT2D eigenvalue weighted by atomic mass is 16.4. The van der Waals surface area contributed by atoms with E-state index < -0.39 is 5.97 Å². The summed E-state index contributed by atoms with van der Waals surface area (Å²) in [4.78, 5) is 19.2. The summed E-state index contributed by atoms with van der Waals surface area (Å²) < 4.78 is 0. The summed E-state index contributed by atoms with van der Waals surface area (Å²) in [5.74, 6) is -0.954. The van der Waals surface area contributed by atoms with Crippen LogP contribution in [0.5, 0.6) is 0 Å². The van der Waals surface area contributed by atoms with Gasteiger partial charge in [-0.1, -0.05) is 0 Å². The smallest absolute Gasteiger partial charge is 0.337 e. The van der Waals surface area contributed by atoms with Gasteiger partial charge in [0, 0.05) is 31.7 Å². The summed E-state index contributed by atoms with van der Waals surface area (Å²) in [5.41, 5.74) is 3.03. The Hall–Kier alpha value is -2.27. The van der Waals surface area contributed by atoms with E-state index in [1.54, 1.807) is 30.7 Å². The van der Waals surface area contributed by atoms with Gasteiger partial charge in [-0.25, -0.2) is 4.79 Å². The molecule has 2 rings (SSSR count). The Bertz CT molecular complexity index is 584. The first-order valence-corrected chi connectivity index (χ1v) is 5.96. The number of aryl methyl sites for hydroxylation is 1. The third kappa shape index (κ3) is 3.35. The van der Waals surface area contributed by atoms with Crippen LogP contribution in [0.25, 0.3) is 0 Å². The van der Waals surface area contributed by atoms with Gasteiger partial charge in [0.15, 0.2) is 0 Å². The van der Waals surface area contributed by atoms with Crippen molar-refractivity contribution in [2.45, 2.75) is 20.0 Å². The van der Waals surface area contributed by atoms with Crippen molar-refractivity contribution < 1.29 is 9.90 Å². The van der Waals surface area contributed by atoms with Crippen LogP contribution in [-0.4, -0.2) is 21.0 Å². The molecule has 5 heteroatoms. The van der Waals surface area contributed by atoms with E-state index in [9.17, 15) is 4.79 Å². The molecule has 0 aliphatic carbocycles. The number of nitrogens with zero attached hydrogens (tertiary/aromatic N) is 2. The fourth-order valence-electron chi connectivity index (χ4n) is 1.79. The average Bonchev–Trinajstić information content (AvgIpc) is 2.41. The van der Waals surface area contributed by atoms with Crippen LogP contribution in [0, 0.1) is 6.92 Å². The van der Waals surface area contributed by atoms with Gasteiger partial charge in [-0.15, -0.1) is 0 Å². The van der Waals surface area contributed by atoms with E-state index in [4.69, 9.17) is 5.11 Å². The molecular weight excluding hydrogens is 242 g/mol. The van der Waals surface area contributed by atoms with Gasteiger partial charge in [0.25, 0.3) is 0 Å².